The Morgan fingerprint density at radius 2 is 1.45 bits per heavy atom. The minimum Gasteiger partial charge on any atom is -0.461 e. The van der Waals surface area contributed by atoms with Gasteiger partial charge >= 0.3 is 0 Å². The van der Waals surface area contributed by atoms with Gasteiger partial charge in [0.05, 0.1) is 0 Å². The molecule has 0 radical (unpaired) electrons. The average molecular weight is 314 g/mol. The van der Waals surface area contributed by atoms with Crippen molar-refractivity contribution in [3.63, 3.8) is 0 Å². The fraction of sp³-hybridized carbons (Fsp3) is 0.368. The molecule has 0 saturated carbocycles. The molecule has 0 spiro atoms. The van der Waals surface area contributed by atoms with Crippen LogP contribution in [-0.2, 0) is 0 Å². The van der Waals surface area contributed by atoms with E-state index in [-0.39, 0.29) is 5.41 Å². The van der Waals surface area contributed by atoms with Gasteiger partial charge in [0.2, 0.25) is 0 Å². The first-order chi connectivity index (χ1) is 10.3. The van der Waals surface area contributed by atoms with Crippen LogP contribution in [-0.4, -0.2) is 5.66 Å². The molecule has 2 aromatic heterocycles. The van der Waals surface area contributed by atoms with Crippen molar-refractivity contribution < 1.29 is 8.83 Å². The van der Waals surface area contributed by atoms with Crippen molar-refractivity contribution in [2.24, 2.45) is 5.41 Å². The lowest BCUT2D eigenvalue weighted by Gasteiger charge is -2.20. The van der Waals surface area contributed by atoms with Gasteiger partial charge in [-0.25, -0.2) is 0 Å². The molecule has 0 aromatic carbocycles. The molecule has 2 aromatic rings. The molecule has 1 unspecified atom stereocenters. The lowest BCUT2D eigenvalue weighted by Crippen LogP contribution is -2.17. The second-order valence-electron chi connectivity index (χ2n) is 6.86. The molecule has 0 aliphatic heterocycles. The fourth-order valence-electron chi connectivity index (χ4n) is 2.66. The van der Waals surface area contributed by atoms with E-state index in [4.69, 9.17) is 8.83 Å². The van der Waals surface area contributed by atoms with Gasteiger partial charge in [-0.15, -0.1) is 0 Å². The number of rotatable bonds is 3. The van der Waals surface area contributed by atoms with Crippen LogP contribution in [0, 0.1) is 19.3 Å². The van der Waals surface area contributed by atoms with E-state index in [1.54, 1.807) is 0 Å². The Morgan fingerprint density at radius 1 is 0.909 bits per heavy atom. The van der Waals surface area contributed by atoms with Gasteiger partial charge in [0, 0.05) is 13.6 Å². The Hall–Kier alpha value is -1.53. The summed E-state index contributed by atoms with van der Waals surface area (Å²) >= 11 is 0. The van der Waals surface area contributed by atoms with Crippen molar-refractivity contribution in [3.8, 4) is 0 Å². The van der Waals surface area contributed by atoms with Gasteiger partial charge in [0.25, 0.3) is 0 Å². The molecule has 116 valence electrons. The quantitative estimate of drug-likeness (QED) is 0.758. The van der Waals surface area contributed by atoms with E-state index in [1.807, 2.05) is 26.0 Å². The highest BCUT2D eigenvalue weighted by atomic mass is 31.1. The number of furan rings is 2. The molecule has 0 amide bonds. The molecule has 3 rings (SSSR count). The summed E-state index contributed by atoms with van der Waals surface area (Å²) in [4.78, 5) is 0. The highest BCUT2D eigenvalue weighted by Gasteiger charge is 2.31. The topological polar surface area (TPSA) is 26.3 Å². The van der Waals surface area contributed by atoms with Crippen LogP contribution >= 0.6 is 7.92 Å². The highest BCUT2D eigenvalue weighted by Crippen LogP contribution is 2.46. The molecule has 0 N–H and O–H groups in total. The summed E-state index contributed by atoms with van der Waals surface area (Å²) in [6.07, 6.45) is 6.93. The maximum Gasteiger partial charge on any atom is 0.134 e. The summed E-state index contributed by atoms with van der Waals surface area (Å²) in [7, 11) is -0.681. The minimum atomic E-state index is -0.681. The molecule has 22 heavy (non-hydrogen) atoms. The Kier molecular flexibility index (Phi) is 3.91. The smallest absolute Gasteiger partial charge is 0.134 e. The van der Waals surface area contributed by atoms with Crippen LogP contribution in [0.3, 0.4) is 0 Å². The molecule has 0 bridgehead atoms. The molecule has 1 atom stereocenters. The Morgan fingerprint density at radius 3 is 1.82 bits per heavy atom. The third kappa shape index (κ3) is 2.98. The van der Waals surface area contributed by atoms with Gasteiger partial charge in [-0.1, -0.05) is 39.0 Å². The van der Waals surface area contributed by atoms with E-state index in [0.29, 0.717) is 5.66 Å². The molecule has 1 aliphatic rings. The number of hydrogen-bond acceptors (Lipinski definition) is 2. The lowest BCUT2D eigenvalue weighted by molar-refractivity contribution is 0.518. The Bertz CT molecular complexity index is 684. The molecule has 2 nitrogen and oxygen atoms in total. The molecular weight excluding hydrogens is 291 g/mol. The third-order valence-corrected chi connectivity index (χ3v) is 6.26. The zero-order chi connectivity index (χ0) is 15.9. The van der Waals surface area contributed by atoms with Gasteiger partial charge in [-0.3, -0.25) is 0 Å². The monoisotopic (exact) mass is 314 g/mol. The van der Waals surface area contributed by atoms with Crippen molar-refractivity contribution >= 4 is 18.9 Å². The third-order valence-electron chi connectivity index (χ3n) is 3.91. The summed E-state index contributed by atoms with van der Waals surface area (Å²) in [6, 6.07) is 8.26. The normalized spacial score (nSPS) is 18.3. The molecule has 1 aliphatic carbocycles. The van der Waals surface area contributed by atoms with E-state index in [1.165, 1.54) is 5.57 Å². The largest absolute Gasteiger partial charge is 0.461 e. The van der Waals surface area contributed by atoms with Crippen LogP contribution in [0.25, 0.3) is 0 Å². The fourth-order valence-corrected chi connectivity index (χ4v) is 4.99. The van der Waals surface area contributed by atoms with Crippen molar-refractivity contribution in [2.75, 3.05) is 0 Å². The van der Waals surface area contributed by atoms with E-state index in [2.05, 4.69) is 51.1 Å². The van der Waals surface area contributed by atoms with E-state index >= 15 is 0 Å². The highest BCUT2D eigenvalue weighted by molar-refractivity contribution is 7.73. The molecular formula is C19H23O2P. The Balaban J connectivity index is 2.01. The number of allylic oxidation sites excluding steroid dienone is 4. The molecule has 0 saturated heterocycles. The first-order valence-corrected chi connectivity index (χ1v) is 9.08. The van der Waals surface area contributed by atoms with E-state index < -0.39 is 7.92 Å². The van der Waals surface area contributed by atoms with Crippen LogP contribution in [0.2, 0.25) is 0 Å². The molecule has 2 heterocycles. The van der Waals surface area contributed by atoms with Gasteiger partial charge in [0.15, 0.2) is 0 Å². The summed E-state index contributed by atoms with van der Waals surface area (Å²) in [5.74, 6) is 1.90. The van der Waals surface area contributed by atoms with Gasteiger partial charge in [0.1, 0.15) is 22.5 Å². The van der Waals surface area contributed by atoms with Crippen molar-refractivity contribution in [3.05, 3.63) is 59.6 Å². The molecule has 0 fully saturated rings. The molecule has 3 heteroatoms. The van der Waals surface area contributed by atoms with Gasteiger partial charge < -0.3 is 8.83 Å². The van der Waals surface area contributed by atoms with Gasteiger partial charge in [-0.2, -0.15) is 0 Å². The van der Waals surface area contributed by atoms with E-state index in [9.17, 15) is 0 Å². The van der Waals surface area contributed by atoms with Crippen LogP contribution in [0.1, 0.15) is 32.3 Å². The number of hydrogen-bond donors (Lipinski definition) is 0. The maximum absolute atomic E-state index is 5.95. The summed E-state index contributed by atoms with van der Waals surface area (Å²) < 4.78 is 11.9. The summed E-state index contributed by atoms with van der Waals surface area (Å²) in [5.41, 5.74) is 3.95. The van der Waals surface area contributed by atoms with Gasteiger partial charge in [-0.05, 0) is 49.1 Å². The average Bonchev–Trinajstić information content (AvgIpc) is 3.12. The number of aryl methyl sites for hydroxylation is 2. The SMILES string of the molecule is Cc1ccc(P(c2ccc(C)o2)C2C=CC(C(C)(C)C)=C2)o1. The van der Waals surface area contributed by atoms with Crippen LogP contribution in [0.4, 0.5) is 0 Å². The zero-order valence-electron chi connectivity index (χ0n) is 13.9. The van der Waals surface area contributed by atoms with Crippen molar-refractivity contribution in [1.82, 2.24) is 0 Å². The predicted molar refractivity (Wildman–Crippen MR) is 93.5 cm³/mol. The van der Waals surface area contributed by atoms with Crippen LogP contribution in [0.15, 0.2) is 56.9 Å². The standard InChI is InChI=1S/C19H23O2P/c1-13-6-10-17(20-13)22(18-11-7-14(2)21-18)16-9-8-15(12-16)19(3,4)5/h6-12,16H,1-5H3. The first kappa shape index (κ1) is 15.4. The Labute approximate surface area is 133 Å². The summed E-state index contributed by atoms with van der Waals surface area (Å²) in [6.45, 7) is 10.7. The second-order valence-corrected chi connectivity index (χ2v) is 9.08. The first-order valence-electron chi connectivity index (χ1n) is 7.67. The second kappa shape index (κ2) is 5.59. The predicted octanol–water partition coefficient (Wildman–Crippen LogP) is 4.83. The van der Waals surface area contributed by atoms with E-state index in [0.717, 1.165) is 22.5 Å². The van der Waals surface area contributed by atoms with Crippen molar-refractivity contribution in [1.29, 1.82) is 0 Å². The van der Waals surface area contributed by atoms with Crippen molar-refractivity contribution in [2.45, 2.75) is 40.3 Å². The van der Waals surface area contributed by atoms with Crippen LogP contribution in [0.5, 0.6) is 0 Å². The minimum absolute atomic E-state index is 0.171. The summed E-state index contributed by atoms with van der Waals surface area (Å²) in [5, 5.41) is 0. The maximum atomic E-state index is 5.95. The van der Waals surface area contributed by atoms with Crippen LogP contribution < -0.4 is 11.0 Å². The lowest BCUT2D eigenvalue weighted by atomic mass is 9.87. The zero-order valence-corrected chi connectivity index (χ0v) is 14.8.